The van der Waals surface area contributed by atoms with Gasteiger partial charge in [0.05, 0.1) is 0 Å². The van der Waals surface area contributed by atoms with Crippen molar-refractivity contribution in [1.29, 1.82) is 0 Å². The highest BCUT2D eigenvalue weighted by Crippen LogP contribution is 2.25. The predicted octanol–water partition coefficient (Wildman–Crippen LogP) is 4.40. The summed E-state index contributed by atoms with van der Waals surface area (Å²) in [4.78, 5) is 12.5. The number of esters is 1. The number of hydrogen-bond acceptors (Lipinski definition) is 3. The van der Waals surface area contributed by atoms with E-state index in [1.165, 1.54) is 16.9 Å². The fourth-order valence-electron chi connectivity index (χ4n) is 1.63. The highest BCUT2D eigenvalue weighted by Gasteiger charge is 2.12. The number of rotatable bonds is 3. The lowest BCUT2D eigenvalue weighted by Crippen LogP contribution is -2.07. The second-order valence-corrected chi connectivity index (χ2v) is 5.49. The zero-order chi connectivity index (χ0) is 13.1. The van der Waals surface area contributed by atoms with Crippen LogP contribution in [0.1, 0.15) is 40.6 Å². The zero-order valence-corrected chi connectivity index (χ0v) is 11.6. The molecule has 0 saturated carbocycles. The Morgan fingerprint density at radius 2 is 2.06 bits per heavy atom. The Balaban J connectivity index is 2.23. The largest absolute Gasteiger partial charge is 0.422 e. The third-order valence-electron chi connectivity index (χ3n) is 2.80. The van der Waals surface area contributed by atoms with Crippen molar-refractivity contribution >= 4 is 17.3 Å². The summed E-state index contributed by atoms with van der Waals surface area (Å²) in [7, 11) is 0. The molecule has 0 bridgehead atoms. The molecule has 94 valence electrons. The lowest BCUT2D eigenvalue weighted by Gasteiger charge is -2.11. The highest BCUT2D eigenvalue weighted by atomic mass is 32.1. The summed E-state index contributed by atoms with van der Waals surface area (Å²) in [5.74, 6) is 0.790. The molecule has 0 radical (unpaired) electrons. The molecule has 18 heavy (non-hydrogen) atoms. The molecule has 0 unspecified atom stereocenters. The third kappa shape index (κ3) is 2.79. The minimum Gasteiger partial charge on any atom is -0.422 e. The summed E-state index contributed by atoms with van der Waals surface area (Å²) >= 11 is 1.39. The summed E-state index contributed by atoms with van der Waals surface area (Å²) in [5.41, 5.74) is 2.15. The van der Waals surface area contributed by atoms with Crippen LogP contribution < -0.4 is 4.74 Å². The Morgan fingerprint density at radius 1 is 1.28 bits per heavy atom. The van der Waals surface area contributed by atoms with Crippen LogP contribution >= 0.6 is 11.3 Å². The summed E-state index contributed by atoms with van der Waals surface area (Å²) in [6, 6.07) is 9.63. The summed E-state index contributed by atoms with van der Waals surface area (Å²) < 4.78 is 5.45. The third-order valence-corrected chi connectivity index (χ3v) is 3.65. The van der Waals surface area contributed by atoms with Crippen molar-refractivity contribution < 1.29 is 9.53 Å². The van der Waals surface area contributed by atoms with E-state index in [4.69, 9.17) is 4.74 Å². The van der Waals surface area contributed by atoms with Gasteiger partial charge in [0.1, 0.15) is 10.6 Å². The molecule has 0 amide bonds. The smallest absolute Gasteiger partial charge is 0.353 e. The molecule has 0 aliphatic heterocycles. The van der Waals surface area contributed by atoms with Crippen LogP contribution in [0.15, 0.2) is 35.7 Å². The first-order valence-corrected chi connectivity index (χ1v) is 6.82. The lowest BCUT2D eigenvalue weighted by atomic mass is 10.0. The van der Waals surface area contributed by atoms with Crippen LogP contribution in [0, 0.1) is 6.92 Å². The minimum atomic E-state index is -0.283. The van der Waals surface area contributed by atoms with Gasteiger partial charge in [0.2, 0.25) is 0 Å². The zero-order valence-electron chi connectivity index (χ0n) is 10.8. The van der Waals surface area contributed by atoms with E-state index >= 15 is 0 Å². The molecule has 2 aromatic rings. The van der Waals surface area contributed by atoms with E-state index in [-0.39, 0.29) is 5.97 Å². The molecule has 3 heteroatoms. The monoisotopic (exact) mass is 260 g/mol. The van der Waals surface area contributed by atoms with Gasteiger partial charge in [0.25, 0.3) is 0 Å². The van der Waals surface area contributed by atoms with Crippen LogP contribution in [0.5, 0.6) is 5.75 Å². The fraction of sp³-hybridized carbons (Fsp3) is 0.267. The Morgan fingerprint density at radius 3 is 2.67 bits per heavy atom. The SMILES string of the molecule is Cc1ccc(C(C)C)cc1OC(=O)c1cccs1. The van der Waals surface area contributed by atoms with E-state index in [1.807, 2.05) is 30.5 Å². The second kappa shape index (κ2) is 5.36. The van der Waals surface area contributed by atoms with Gasteiger partial charge < -0.3 is 4.74 Å². The number of carbonyl (C=O) groups excluding carboxylic acids is 1. The molecule has 0 aliphatic carbocycles. The molecule has 0 aliphatic rings. The van der Waals surface area contributed by atoms with Crippen LogP contribution in [0.3, 0.4) is 0 Å². The Kier molecular flexibility index (Phi) is 3.82. The van der Waals surface area contributed by atoms with Gasteiger partial charge in [0.15, 0.2) is 0 Å². The highest BCUT2D eigenvalue weighted by molar-refractivity contribution is 7.12. The van der Waals surface area contributed by atoms with Crippen LogP contribution in [-0.2, 0) is 0 Å². The maximum atomic E-state index is 11.9. The summed E-state index contributed by atoms with van der Waals surface area (Å²) in [5, 5.41) is 1.87. The van der Waals surface area contributed by atoms with Crippen LogP contribution in [0.2, 0.25) is 0 Å². The fourth-order valence-corrected chi connectivity index (χ4v) is 2.23. The molecule has 0 atom stereocenters. The Hall–Kier alpha value is -1.61. The molecular weight excluding hydrogens is 244 g/mol. The Labute approximate surface area is 111 Å². The normalized spacial score (nSPS) is 10.7. The quantitative estimate of drug-likeness (QED) is 0.604. The topological polar surface area (TPSA) is 26.3 Å². The van der Waals surface area contributed by atoms with E-state index in [1.54, 1.807) is 6.07 Å². The number of hydrogen-bond donors (Lipinski definition) is 0. The van der Waals surface area contributed by atoms with Crippen molar-refractivity contribution in [3.8, 4) is 5.75 Å². The standard InChI is InChI=1S/C15H16O2S/c1-10(2)12-7-6-11(3)13(9-12)17-15(16)14-5-4-8-18-14/h4-10H,1-3H3. The van der Waals surface area contributed by atoms with Crippen molar-refractivity contribution in [3.05, 3.63) is 51.7 Å². The molecule has 1 aromatic carbocycles. The molecular formula is C15H16O2S. The van der Waals surface area contributed by atoms with Gasteiger partial charge in [-0.2, -0.15) is 0 Å². The molecule has 0 saturated heterocycles. The van der Waals surface area contributed by atoms with Crippen molar-refractivity contribution in [2.75, 3.05) is 0 Å². The lowest BCUT2D eigenvalue weighted by molar-refractivity contribution is 0.0738. The molecule has 1 heterocycles. The number of benzene rings is 1. The molecule has 0 N–H and O–H groups in total. The average Bonchev–Trinajstić information content (AvgIpc) is 2.85. The maximum absolute atomic E-state index is 11.9. The van der Waals surface area contributed by atoms with E-state index < -0.39 is 0 Å². The molecule has 1 aromatic heterocycles. The van der Waals surface area contributed by atoms with Gasteiger partial charge in [-0.25, -0.2) is 4.79 Å². The van der Waals surface area contributed by atoms with Gasteiger partial charge in [0, 0.05) is 0 Å². The van der Waals surface area contributed by atoms with E-state index in [9.17, 15) is 4.79 Å². The van der Waals surface area contributed by atoms with E-state index in [0.717, 1.165) is 5.56 Å². The minimum absolute atomic E-state index is 0.283. The summed E-state index contributed by atoms with van der Waals surface area (Å²) in [6.45, 7) is 6.19. The number of carbonyl (C=O) groups is 1. The van der Waals surface area contributed by atoms with E-state index in [2.05, 4.69) is 19.9 Å². The predicted molar refractivity (Wildman–Crippen MR) is 74.5 cm³/mol. The van der Waals surface area contributed by atoms with Crippen LogP contribution in [0.4, 0.5) is 0 Å². The maximum Gasteiger partial charge on any atom is 0.353 e. The first kappa shape index (κ1) is 12.8. The van der Waals surface area contributed by atoms with Crippen molar-refractivity contribution in [2.24, 2.45) is 0 Å². The summed E-state index contributed by atoms with van der Waals surface area (Å²) in [6.07, 6.45) is 0. The van der Waals surface area contributed by atoms with Crippen LogP contribution in [-0.4, -0.2) is 5.97 Å². The van der Waals surface area contributed by atoms with Crippen molar-refractivity contribution in [3.63, 3.8) is 0 Å². The molecule has 2 nitrogen and oxygen atoms in total. The number of ether oxygens (including phenoxy) is 1. The molecule has 0 spiro atoms. The molecule has 0 fully saturated rings. The van der Waals surface area contributed by atoms with Crippen molar-refractivity contribution in [2.45, 2.75) is 26.7 Å². The van der Waals surface area contributed by atoms with Crippen LogP contribution in [0.25, 0.3) is 0 Å². The van der Waals surface area contributed by atoms with Gasteiger partial charge >= 0.3 is 5.97 Å². The first-order valence-electron chi connectivity index (χ1n) is 5.94. The number of aryl methyl sites for hydroxylation is 1. The van der Waals surface area contributed by atoms with E-state index in [0.29, 0.717) is 16.5 Å². The average molecular weight is 260 g/mol. The van der Waals surface area contributed by atoms with Crippen molar-refractivity contribution in [1.82, 2.24) is 0 Å². The second-order valence-electron chi connectivity index (χ2n) is 4.55. The Bertz CT molecular complexity index is 542. The van der Waals surface area contributed by atoms with Gasteiger partial charge in [-0.15, -0.1) is 11.3 Å². The number of thiophene rings is 1. The first-order chi connectivity index (χ1) is 8.58. The van der Waals surface area contributed by atoms with Gasteiger partial charge in [-0.05, 0) is 41.5 Å². The molecule has 2 rings (SSSR count). The van der Waals surface area contributed by atoms with Gasteiger partial charge in [-0.1, -0.05) is 32.0 Å². The van der Waals surface area contributed by atoms with Gasteiger partial charge in [-0.3, -0.25) is 0 Å².